The van der Waals surface area contributed by atoms with Gasteiger partial charge in [-0.1, -0.05) is 0 Å². The molecule has 4 heteroatoms. The highest BCUT2D eigenvalue weighted by atomic mass is 32.2. The van der Waals surface area contributed by atoms with Crippen molar-refractivity contribution in [2.24, 2.45) is 0 Å². The van der Waals surface area contributed by atoms with E-state index in [0.717, 1.165) is 29.7 Å². The van der Waals surface area contributed by atoms with Crippen LogP contribution in [0.4, 0.5) is 11.4 Å². The van der Waals surface area contributed by atoms with Gasteiger partial charge >= 0.3 is 0 Å². The molecule has 0 spiro atoms. The van der Waals surface area contributed by atoms with E-state index in [2.05, 4.69) is 16.0 Å². The molecule has 1 saturated heterocycles. The Kier molecular flexibility index (Phi) is 3.28. The van der Waals surface area contributed by atoms with Crippen molar-refractivity contribution in [1.82, 2.24) is 4.98 Å². The molecule has 1 aliphatic rings. The second-order valence-electron chi connectivity index (χ2n) is 4.53. The van der Waals surface area contributed by atoms with E-state index in [-0.39, 0.29) is 0 Å². The summed E-state index contributed by atoms with van der Waals surface area (Å²) in [6, 6.07) is 8.10. The summed E-state index contributed by atoms with van der Waals surface area (Å²) >= 11 is 2.04. The van der Waals surface area contributed by atoms with Crippen LogP contribution in [0.1, 0.15) is 6.42 Å². The summed E-state index contributed by atoms with van der Waals surface area (Å²) in [7, 11) is 0. The van der Waals surface area contributed by atoms with Crippen molar-refractivity contribution in [3.63, 3.8) is 0 Å². The van der Waals surface area contributed by atoms with Gasteiger partial charge in [0.15, 0.2) is 0 Å². The second kappa shape index (κ2) is 5.06. The van der Waals surface area contributed by atoms with Gasteiger partial charge in [0.2, 0.25) is 0 Å². The minimum atomic E-state index is 0.811. The highest BCUT2D eigenvalue weighted by Gasteiger charge is 2.14. The summed E-state index contributed by atoms with van der Waals surface area (Å²) < 4.78 is 0. The van der Waals surface area contributed by atoms with Gasteiger partial charge in [-0.15, -0.1) is 0 Å². The first-order valence-electron chi connectivity index (χ1n) is 6.32. The maximum Gasteiger partial charge on any atom is 0.0955 e. The zero-order valence-electron chi connectivity index (χ0n) is 10.3. The van der Waals surface area contributed by atoms with E-state index in [1.807, 2.05) is 36.2 Å². The summed E-state index contributed by atoms with van der Waals surface area (Å²) in [5.41, 5.74) is 9.09. The van der Waals surface area contributed by atoms with Crippen molar-refractivity contribution in [1.29, 1.82) is 0 Å². The molecule has 0 radical (unpaired) electrons. The fourth-order valence-electron chi connectivity index (χ4n) is 2.42. The highest BCUT2D eigenvalue weighted by Crippen LogP contribution is 2.30. The highest BCUT2D eigenvalue weighted by molar-refractivity contribution is 7.99. The maximum absolute atomic E-state index is 6.02. The predicted molar refractivity (Wildman–Crippen MR) is 80.3 cm³/mol. The molecule has 1 fully saturated rings. The molecular formula is C14H17N3S. The van der Waals surface area contributed by atoms with Crippen molar-refractivity contribution >= 4 is 34.0 Å². The van der Waals surface area contributed by atoms with E-state index in [0.29, 0.717) is 0 Å². The second-order valence-corrected chi connectivity index (χ2v) is 5.75. The minimum absolute atomic E-state index is 0.811. The standard InChI is InChI=1S/C14H17N3S/c15-12-4-5-13(14-11(12)3-1-6-16-14)17-7-2-9-18-10-8-17/h1,3-6H,2,7-10,15H2. The Morgan fingerprint density at radius 2 is 2.11 bits per heavy atom. The Hall–Kier alpha value is -1.42. The number of fused-ring (bicyclic) bond motifs is 1. The summed E-state index contributed by atoms with van der Waals surface area (Å²) in [6.45, 7) is 2.21. The lowest BCUT2D eigenvalue weighted by Crippen LogP contribution is -2.25. The summed E-state index contributed by atoms with van der Waals surface area (Å²) in [4.78, 5) is 6.96. The van der Waals surface area contributed by atoms with Crippen LogP contribution in [0.2, 0.25) is 0 Å². The van der Waals surface area contributed by atoms with Crippen LogP contribution >= 0.6 is 11.8 Å². The van der Waals surface area contributed by atoms with E-state index in [1.54, 1.807) is 0 Å². The van der Waals surface area contributed by atoms with Crippen molar-refractivity contribution in [2.75, 3.05) is 35.2 Å². The third-order valence-corrected chi connectivity index (χ3v) is 4.39. The van der Waals surface area contributed by atoms with Gasteiger partial charge in [0.1, 0.15) is 0 Å². The van der Waals surface area contributed by atoms with Crippen molar-refractivity contribution in [2.45, 2.75) is 6.42 Å². The molecule has 2 aromatic rings. The number of anilines is 2. The van der Waals surface area contributed by atoms with Gasteiger partial charge in [0.25, 0.3) is 0 Å². The molecule has 0 bridgehead atoms. The summed E-state index contributed by atoms with van der Waals surface area (Å²) in [6.07, 6.45) is 3.08. The fraction of sp³-hybridized carbons (Fsp3) is 0.357. The Morgan fingerprint density at radius 3 is 3.06 bits per heavy atom. The van der Waals surface area contributed by atoms with Crippen LogP contribution < -0.4 is 10.6 Å². The zero-order valence-corrected chi connectivity index (χ0v) is 11.1. The van der Waals surface area contributed by atoms with Gasteiger partial charge in [-0.3, -0.25) is 4.98 Å². The SMILES string of the molecule is Nc1ccc(N2CCCSCC2)c2ncccc12. The van der Waals surface area contributed by atoms with Crippen LogP contribution in [-0.4, -0.2) is 29.6 Å². The summed E-state index contributed by atoms with van der Waals surface area (Å²) in [5.74, 6) is 2.45. The molecule has 3 rings (SSSR count). The van der Waals surface area contributed by atoms with Crippen molar-refractivity contribution < 1.29 is 0 Å². The summed E-state index contributed by atoms with van der Waals surface area (Å²) in [5, 5.41) is 1.06. The molecule has 0 unspecified atom stereocenters. The zero-order chi connectivity index (χ0) is 12.4. The van der Waals surface area contributed by atoms with Crippen molar-refractivity contribution in [3.8, 4) is 0 Å². The molecule has 1 aliphatic heterocycles. The Morgan fingerprint density at radius 1 is 1.17 bits per heavy atom. The molecule has 1 aromatic carbocycles. The van der Waals surface area contributed by atoms with Crippen LogP contribution in [0.3, 0.4) is 0 Å². The van der Waals surface area contributed by atoms with Gasteiger partial charge in [0.05, 0.1) is 11.2 Å². The lowest BCUT2D eigenvalue weighted by Gasteiger charge is -2.23. The average molecular weight is 259 g/mol. The number of thioether (sulfide) groups is 1. The normalized spacial score (nSPS) is 16.8. The Balaban J connectivity index is 2.08. The first-order valence-corrected chi connectivity index (χ1v) is 7.47. The molecule has 0 aliphatic carbocycles. The van der Waals surface area contributed by atoms with Gasteiger partial charge in [0, 0.05) is 36.1 Å². The molecule has 2 heterocycles. The predicted octanol–water partition coefficient (Wildman–Crippen LogP) is 2.76. The van der Waals surface area contributed by atoms with Crippen LogP contribution in [-0.2, 0) is 0 Å². The quantitative estimate of drug-likeness (QED) is 0.800. The fourth-order valence-corrected chi connectivity index (χ4v) is 3.31. The molecule has 1 aromatic heterocycles. The van der Waals surface area contributed by atoms with Crippen LogP contribution in [0.25, 0.3) is 10.9 Å². The van der Waals surface area contributed by atoms with Crippen molar-refractivity contribution in [3.05, 3.63) is 30.5 Å². The van der Waals surface area contributed by atoms with Gasteiger partial charge in [-0.05, 0) is 36.4 Å². The molecule has 94 valence electrons. The maximum atomic E-state index is 6.02. The van der Waals surface area contributed by atoms with E-state index in [9.17, 15) is 0 Å². The van der Waals surface area contributed by atoms with Crippen LogP contribution in [0.15, 0.2) is 30.5 Å². The Bertz CT molecular complexity index is 548. The number of benzene rings is 1. The number of rotatable bonds is 1. The lowest BCUT2D eigenvalue weighted by atomic mass is 10.1. The minimum Gasteiger partial charge on any atom is -0.398 e. The van der Waals surface area contributed by atoms with Gasteiger partial charge in [-0.2, -0.15) is 11.8 Å². The lowest BCUT2D eigenvalue weighted by molar-refractivity contribution is 0.818. The first-order chi connectivity index (χ1) is 8.86. The van der Waals surface area contributed by atoms with Crippen LogP contribution in [0, 0.1) is 0 Å². The van der Waals surface area contributed by atoms with Gasteiger partial charge in [-0.25, -0.2) is 0 Å². The number of aromatic nitrogens is 1. The number of nitrogens with zero attached hydrogens (tertiary/aromatic N) is 2. The largest absolute Gasteiger partial charge is 0.398 e. The van der Waals surface area contributed by atoms with Gasteiger partial charge < -0.3 is 10.6 Å². The van der Waals surface area contributed by atoms with E-state index in [1.165, 1.54) is 23.6 Å². The van der Waals surface area contributed by atoms with E-state index >= 15 is 0 Å². The van der Waals surface area contributed by atoms with E-state index < -0.39 is 0 Å². The number of hydrogen-bond acceptors (Lipinski definition) is 4. The number of pyridine rings is 1. The third-order valence-electron chi connectivity index (χ3n) is 3.35. The monoisotopic (exact) mass is 259 g/mol. The third kappa shape index (κ3) is 2.12. The molecular weight excluding hydrogens is 242 g/mol. The molecule has 0 amide bonds. The molecule has 3 nitrogen and oxygen atoms in total. The molecule has 0 saturated carbocycles. The topological polar surface area (TPSA) is 42.1 Å². The number of nitrogens with two attached hydrogens (primary N) is 1. The Labute approximate surface area is 111 Å². The number of nitrogen functional groups attached to an aromatic ring is 1. The van der Waals surface area contributed by atoms with Crippen LogP contribution in [0.5, 0.6) is 0 Å². The average Bonchev–Trinajstić information content (AvgIpc) is 2.68. The molecule has 0 atom stereocenters. The first kappa shape index (κ1) is 11.7. The molecule has 18 heavy (non-hydrogen) atoms. The smallest absolute Gasteiger partial charge is 0.0955 e. The molecule has 2 N–H and O–H groups in total. The number of hydrogen-bond donors (Lipinski definition) is 1. The van der Waals surface area contributed by atoms with E-state index in [4.69, 9.17) is 5.73 Å².